The van der Waals surface area contributed by atoms with E-state index in [0.29, 0.717) is 5.92 Å². The highest BCUT2D eigenvalue weighted by atomic mass is 16.6. The summed E-state index contributed by atoms with van der Waals surface area (Å²) in [5, 5.41) is 0. The van der Waals surface area contributed by atoms with Gasteiger partial charge in [-0.05, 0) is 6.92 Å². The zero-order valence-electron chi connectivity index (χ0n) is 4.99. The predicted molar refractivity (Wildman–Crippen MR) is 28.6 cm³/mol. The molecule has 1 rings (SSSR count). The molecular formula is C6H10O. The maximum absolute atomic E-state index is 5.01. The Kier molecular flexibility index (Phi) is 0.841. The second kappa shape index (κ2) is 1.25. The molecule has 0 fully saturated rings. The van der Waals surface area contributed by atoms with Crippen molar-refractivity contribution in [3.63, 3.8) is 0 Å². The minimum absolute atomic E-state index is 0.597. The Bertz CT molecular complexity index is 111. The van der Waals surface area contributed by atoms with E-state index >= 15 is 0 Å². The van der Waals surface area contributed by atoms with Crippen molar-refractivity contribution >= 4 is 0 Å². The van der Waals surface area contributed by atoms with Crippen molar-refractivity contribution < 1.29 is 4.74 Å². The molecule has 1 aliphatic rings. The average Bonchev–Trinajstić information content (AvgIpc) is 2.17. The number of hydrogen-bond acceptors (Lipinski definition) is 1. The summed E-state index contributed by atoms with van der Waals surface area (Å²) in [6.07, 6.45) is 0. The Labute approximate surface area is 44.0 Å². The lowest BCUT2D eigenvalue weighted by Gasteiger charge is -1.86. The van der Waals surface area contributed by atoms with E-state index in [0.717, 1.165) is 5.76 Å². The van der Waals surface area contributed by atoms with Gasteiger partial charge < -0.3 is 4.74 Å². The maximum Gasteiger partial charge on any atom is 0.144 e. The summed E-state index contributed by atoms with van der Waals surface area (Å²) in [4.78, 5) is 0. The molecule has 0 amide bonds. The normalized spacial score (nSPS) is 17.7. The van der Waals surface area contributed by atoms with Crippen molar-refractivity contribution in [1.29, 1.82) is 0 Å². The van der Waals surface area contributed by atoms with Crippen LogP contribution in [0.4, 0.5) is 0 Å². The number of ether oxygens (including phenoxy) is 1. The zero-order chi connectivity index (χ0) is 5.44. The van der Waals surface area contributed by atoms with E-state index < -0.39 is 0 Å². The van der Waals surface area contributed by atoms with Gasteiger partial charge in [-0.2, -0.15) is 0 Å². The highest BCUT2D eigenvalue weighted by Gasteiger charge is 2.22. The first-order valence-corrected chi connectivity index (χ1v) is 2.60. The standard InChI is InChI=1S/C6H10O/c1-4(2)6-5(3)7-6/h4H,1-3H3. The summed E-state index contributed by atoms with van der Waals surface area (Å²) in [5.74, 6) is 2.90. The van der Waals surface area contributed by atoms with E-state index in [2.05, 4.69) is 13.8 Å². The van der Waals surface area contributed by atoms with Gasteiger partial charge in [-0.25, -0.2) is 0 Å². The van der Waals surface area contributed by atoms with Crippen molar-refractivity contribution in [3.05, 3.63) is 11.5 Å². The minimum atomic E-state index is 0.597. The van der Waals surface area contributed by atoms with Gasteiger partial charge in [0.05, 0.1) is 0 Å². The highest BCUT2D eigenvalue weighted by molar-refractivity contribution is 5.16. The van der Waals surface area contributed by atoms with E-state index in [1.807, 2.05) is 6.92 Å². The molecule has 0 spiro atoms. The summed E-state index contributed by atoms with van der Waals surface area (Å²) in [6.45, 7) is 6.26. The summed E-state index contributed by atoms with van der Waals surface area (Å²) in [6, 6.07) is 0. The van der Waals surface area contributed by atoms with Crippen LogP contribution in [0.5, 0.6) is 0 Å². The minimum Gasteiger partial charge on any atom is -0.459 e. The van der Waals surface area contributed by atoms with Gasteiger partial charge in [0.2, 0.25) is 0 Å². The molecule has 7 heavy (non-hydrogen) atoms. The monoisotopic (exact) mass is 98.1 g/mol. The molecule has 0 saturated heterocycles. The molecule has 0 atom stereocenters. The Morgan fingerprint density at radius 2 is 1.86 bits per heavy atom. The second-order valence-corrected chi connectivity index (χ2v) is 2.18. The largest absolute Gasteiger partial charge is 0.459 e. The lowest BCUT2D eigenvalue weighted by atomic mass is 10.2. The van der Waals surface area contributed by atoms with Gasteiger partial charge in [-0.3, -0.25) is 0 Å². The van der Waals surface area contributed by atoms with Crippen LogP contribution in [-0.4, -0.2) is 0 Å². The van der Waals surface area contributed by atoms with E-state index in [1.165, 1.54) is 5.76 Å². The van der Waals surface area contributed by atoms with E-state index in [9.17, 15) is 0 Å². The van der Waals surface area contributed by atoms with Crippen molar-refractivity contribution in [1.82, 2.24) is 0 Å². The average molecular weight is 98.1 g/mol. The fraction of sp³-hybridized carbons (Fsp3) is 0.667. The number of hydrogen-bond donors (Lipinski definition) is 0. The lowest BCUT2D eigenvalue weighted by Crippen LogP contribution is -1.78. The van der Waals surface area contributed by atoms with Crippen LogP contribution in [0.25, 0.3) is 0 Å². The Morgan fingerprint density at radius 3 is 1.86 bits per heavy atom. The van der Waals surface area contributed by atoms with Gasteiger partial charge in [-0.15, -0.1) is 0 Å². The van der Waals surface area contributed by atoms with Gasteiger partial charge in [-0.1, -0.05) is 13.8 Å². The molecule has 0 aliphatic carbocycles. The summed E-state index contributed by atoms with van der Waals surface area (Å²) < 4.78 is 5.01. The van der Waals surface area contributed by atoms with Crippen LogP contribution in [0.1, 0.15) is 20.8 Å². The van der Waals surface area contributed by atoms with Gasteiger partial charge in [0.15, 0.2) is 0 Å². The van der Waals surface area contributed by atoms with Crippen molar-refractivity contribution in [2.75, 3.05) is 0 Å². The molecule has 1 heteroatoms. The van der Waals surface area contributed by atoms with Crippen LogP contribution in [-0.2, 0) is 4.74 Å². The topological polar surface area (TPSA) is 12.5 Å². The van der Waals surface area contributed by atoms with Gasteiger partial charge >= 0.3 is 0 Å². The van der Waals surface area contributed by atoms with Crippen LogP contribution in [0, 0.1) is 5.92 Å². The zero-order valence-corrected chi connectivity index (χ0v) is 4.99. The first-order chi connectivity index (χ1) is 3.22. The summed E-state index contributed by atoms with van der Waals surface area (Å²) in [7, 11) is 0. The van der Waals surface area contributed by atoms with E-state index in [-0.39, 0.29) is 0 Å². The number of rotatable bonds is 1. The van der Waals surface area contributed by atoms with Crippen LogP contribution >= 0.6 is 0 Å². The molecule has 0 bridgehead atoms. The predicted octanol–water partition coefficient (Wildman–Crippen LogP) is 1.90. The van der Waals surface area contributed by atoms with Gasteiger partial charge in [0.25, 0.3) is 0 Å². The Morgan fingerprint density at radius 1 is 1.43 bits per heavy atom. The molecule has 40 valence electrons. The van der Waals surface area contributed by atoms with Crippen LogP contribution < -0.4 is 0 Å². The van der Waals surface area contributed by atoms with E-state index in [1.54, 1.807) is 0 Å². The molecule has 0 saturated carbocycles. The Hall–Kier alpha value is -0.460. The highest BCUT2D eigenvalue weighted by Crippen LogP contribution is 2.31. The lowest BCUT2D eigenvalue weighted by molar-refractivity contribution is 0.427. The van der Waals surface area contributed by atoms with E-state index in [4.69, 9.17) is 4.74 Å². The van der Waals surface area contributed by atoms with Crippen LogP contribution in [0.3, 0.4) is 0 Å². The van der Waals surface area contributed by atoms with Gasteiger partial charge in [0.1, 0.15) is 11.5 Å². The molecule has 0 N–H and O–H groups in total. The van der Waals surface area contributed by atoms with Crippen molar-refractivity contribution in [2.45, 2.75) is 20.8 Å². The van der Waals surface area contributed by atoms with Crippen LogP contribution in [0.15, 0.2) is 11.5 Å². The molecule has 0 radical (unpaired) electrons. The molecule has 1 heterocycles. The van der Waals surface area contributed by atoms with Gasteiger partial charge in [0, 0.05) is 5.92 Å². The smallest absolute Gasteiger partial charge is 0.144 e. The molecule has 0 aromatic heterocycles. The molecule has 0 unspecified atom stereocenters. The first-order valence-electron chi connectivity index (χ1n) is 2.60. The van der Waals surface area contributed by atoms with Crippen molar-refractivity contribution in [3.8, 4) is 0 Å². The second-order valence-electron chi connectivity index (χ2n) is 2.18. The number of allylic oxidation sites excluding steroid dienone is 2. The maximum atomic E-state index is 5.01. The van der Waals surface area contributed by atoms with Crippen molar-refractivity contribution in [2.24, 2.45) is 5.92 Å². The fourth-order valence-corrected chi connectivity index (χ4v) is 0.664. The third-order valence-electron chi connectivity index (χ3n) is 1.09. The quantitative estimate of drug-likeness (QED) is 0.488. The summed E-state index contributed by atoms with van der Waals surface area (Å²) in [5.41, 5.74) is 0. The fourth-order valence-electron chi connectivity index (χ4n) is 0.664. The SMILES string of the molecule is CC1=C(C(C)C)O1. The molecule has 1 nitrogen and oxygen atoms in total. The molecular weight excluding hydrogens is 88.1 g/mol. The first kappa shape index (κ1) is 4.69. The Balaban J connectivity index is 2.45. The third kappa shape index (κ3) is 0.763. The summed E-state index contributed by atoms with van der Waals surface area (Å²) >= 11 is 0. The molecule has 1 aliphatic heterocycles. The third-order valence-corrected chi connectivity index (χ3v) is 1.09. The van der Waals surface area contributed by atoms with Crippen LogP contribution in [0.2, 0.25) is 0 Å². The molecule has 0 aromatic carbocycles. The molecule has 0 aromatic rings.